The monoisotopic (exact) mass is 304 g/mol. The highest BCUT2D eigenvalue weighted by atomic mass is 35.5. The summed E-state index contributed by atoms with van der Waals surface area (Å²) in [5.74, 6) is -0.157. The minimum absolute atomic E-state index is 0.157. The number of ether oxygens (including phenoxy) is 1. The van der Waals surface area contributed by atoms with E-state index < -0.39 is 0 Å². The summed E-state index contributed by atoms with van der Waals surface area (Å²) in [5.41, 5.74) is 0. The van der Waals surface area contributed by atoms with Gasteiger partial charge in [-0.2, -0.15) is 0 Å². The molecule has 0 heterocycles. The van der Waals surface area contributed by atoms with E-state index in [1.54, 1.807) is 0 Å². The highest BCUT2D eigenvalue weighted by Crippen LogP contribution is 2.10. The number of esters is 1. The Hall–Kier alpha value is -0.570. The number of carbonyl (C=O) groups is 2. The Kier molecular flexibility index (Phi) is 14.4. The van der Waals surface area contributed by atoms with Gasteiger partial charge in [0, 0.05) is 12.8 Å². The Labute approximate surface area is 128 Å². The lowest BCUT2D eigenvalue weighted by Crippen LogP contribution is -2.06. The van der Waals surface area contributed by atoms with E-state index in [4.69, 9.17) is 16.3 Å². The van der Waals surface area contributed by atoms with Gasteiger partial charge in [0.05, 0.1) is 6.61 Å². The van der Waals surface area contributed by atoms with Crippen LogP contribution < -0.4 is 0 Å². The van der Waals surface area contributed by atoms with Crippen LogP contribution in [-0.2, 0) is 14.3 Å². The first-order valence-electron chi connectivity index (χ1n) is 8.00. The minimum atomic E-state index is -0.375. The van der Waals surface area contributed by atoms with Crippen molar-refractivity contribution >= 4 is 22.8 Å². The number of rotatable bonds is 14. The molecule has 20 heavy (non-hydrogen) atoms. The van der Waals surface area contributed by atoms with Crippen molar-refractivity contribution in [2.24, 2.45) is 0 Å². The summed E-state index contributed by atoms with van der Waals surface area (Å²) < 4.78 is 5.01. The first-order chi connectivity index (χ1) is 9.66. The number of halogens is 1. The summed E-state index contributed by atoms with van der Waals surface area (Å²) in [5, 5.41) is -0.375. The quantitative estimate of drug-likeness (QED) is 0.258. The highest BCUT2D eigenvalue weighted by Gasteiger charge is 2.03. The van der Waals surface area contributed by atoms with Crippen molar-refractivity contribution in [1.29, 1.82) is 0 Å². The molecule has 0 bridgehead atoms. The topological polar surface area (TPSA) is 43.4 Å². The molecule has 0 N–H and O–H groups in total. The maximum atomic E-state index is 11.4. The molecule has 4 heteroatoms. The first kappa shape index (κ1) is 19.4. The first-order valence-corrected chi connectivity index (χ1v) is 8.38. The molecule has 0 rings (SSSR count). The van der Waals surface area contributed by atoms with Crippen LogP contribution in [0.1, 0.15) is 84.0 Å². The molecule has 3 nitrogen and oxygen atoms in total. The zero-order valence-corrected chi connectivity index (χ0v) is 13.6. The Bertz CT molecular complexity index is 254. The molecule has 118 valence electrons. The maximum absolute atomic E-state index is 11.4. The second-order valence-corrected chi connectivity index (χ2v) is 5.68. The fraction of sp³-hybridized carbons (Fsp3) is 0.875. The van der Waals surface area contributed by atoms with E-state index in [9.17, 15) is 9.59 Å². The van der Waals surface area contributed by atoms with Gasteiger partial charge in [0.2, 0.25) is 5.24 Å². The van der Waals surface area contributed by atoms with E-state index in [-0.39, 0.29) is 17.6 Å². The van der Waals surface area contributed by atoms with Crippen LogP contribution in [0, 0.1) is 0 Å². The molecule has 0 spiro atoms. The molecule has 0 aliphatic carbocycles. The number of carbonyl (C=O) groups excluding carboxylic acids is 2. The van der Waals surface area contributed by atoms with Crippen LogP contribution in [0.5, 0.6) is 0 Å². The molecular formula is C16H29ClO3. The van der Waals surface area contributed by atoms with Crippen LogP contribution in [0.15, 0.2) is 0 Å². The van der Waals surface area contributed by atoms with Gasteiger partial charge in [-0.1, -0.05) is 58.3 Å². The summed E-state index contributed by atoms with van der Waals surface area (Å²) in [6.45, 7) is 2.53. The van der Waals surface area contributed by atoms with Gasteiger partial charge < -0.3 is 4.74 Å². The summed E-state index contributed by atoms with van der Waals surface area (Å²) in [4.78, 5) is 21.8. The lowest BCUT2D eigenvalue weighted by atomic mass is 10.1. The number of hydrogen-bond acceptors (Lipinski definition) is 3. The van der Waals surface area contributed by atoms with Gasteiger partial charge in [0.15, 0.2) is 0 Å². The summed E-state index contributed by atoms with van der Waals surface area (Å²) in [6.07, 6.45) is 12.4. The molecule has 0 atom stereocenters. The standard InChI is InChI=1S/C16H29ClO3/c1-2-3-4-5-6-7-8-9-10-13-16(19)20-14-11-12-15(17)18/h2-14H2,1H3. The van der Waals surface area contributed by atoms with Gasteiger partial charge in [0.25, 0.3) is 0 Å². The van der Waals surface area contributed by atoms with Crippen LogP contribution in [0.25, 0.3) is 0 Å². The molecule has 0 radical (unpaired) electrons. The van der Waals surface area contributed by atoms with E-state index >= 15 is 0 Å². The molecule has 0 amide bonds. The van der Waals surface area contributed by atoms with E-state index in [2.05, 4.69) is 6.92 Å². The van der Waals surface area contributed by atoms with Crippen molar-refractivity contribution < 1.29 is 14.3 Å². The SMILES string of the molecule is CCCCCCCCCCCC(=O)OCCCC(=O)Cl. The van der Waals surface area contributed by atoms with Crippen molar-refractivity contribution in [1.82, 2.24) is 0 Å². The molecule has 0 saturated heterocycles. The van der Waals surface area contributed by atoms with Crippen molar-refractivity contribution in [3.63, 3.8) is 0 Å². The summed E-state index contributed by atoms with van der Waals surface area (Å²) >= 11 is 5.19. The van der Waals surface area contributed by atoms with Crippen molar-refractivity contribution in [2.75, 3.05) is 6.61 Å². The maximum Gasteiger partial charge on any atom is 0.305 e. The average molecular weight is 305 g/mol. The van der Waals surface area contributed by atoms with Gasteiger partial charge in [-0.05, 0) is 24.4 Å². The van der Waals surface area contributed by atoms with Crippen molar-refractivity contribution in [3.8, 4) is 0 Å². The van der Waals surface area contributed by atoms with Gasteiger partial charge in [-0.25, -0.2) is 0 Å². The van der Waals surface area contributed by atoms with E-state index in [1.165, 1.54) is 44.9 Å². The normalized spacial score (nSPS) is 10.5. The third kappa shape index (κ3) is 15.5. The largest absolute Gasteiger partial charge is 0.466 e. The Morgan fingerprint density at radius 2 is 1.35 bits per heavy atom. The zero-order valence-electron chi connectivity index (χ0n) is 12.8. The molecule has 0 unspecified atom stereocenters. The molecule has 0 fully saturated rings. The second kappa shape index (κ2) is 14.8. The third-order valence-corrected chi connectivity index (χ3v) is 3.45. The second-order valence-electron chi connectivity index (χ2n) is 5.26. The van der Waals surface area contributed by atoms with Gasteiger partial charge in [-0.15, -0.1) is 0 Å². The fourth-order valence-electron chi connectivity index (χ4n) is 2.05. The minimum Gasteiger partial charge on any atom is -0.466 e. The van der Waals surface area contributed by atoms with Crippen LogP contribution in [0.2, 0.25) is 0 Å². The van der Waals surface area contributed by atoms with Crippen molar-refractivity contribution in [2.45, 2.75) is 84.0 Å². The predicted octanol–water partition coefficient (Wildman–Crippen LogP) is 5.00. The van der Waals surface area contributed by atoms with Gasteiger partial charge in [0.1, 0.15) is 0 Å². The third-order valence-electron chi connectivity index (χ3n) is 3.27. The molecule has 0 aliphatic heterocycles. The summed E-state index contributed by atoms with van der Waals surface area (Å²) in [6, 6.07) is 0. The Morgan fingerprint density at radius 3 is 1.90 bits per heavy atom. The van der Waals surface area contributed by atoms with E-state index in [1.807, 2.05) is 0 Å². The molecule has 0 aromatic rings. The Morgan fingerprint density at radius 1 is 0.800 bits per heavy atom. The summed E-state index contributed by atoms with van der Waals surface area (Å²) in [7, 11) is 0. The number of unbranched alkanes of at least 4 members (excludes halogenated alkanes) is 8. The lowest BCUT2D eigenvalue weighted by Gasteiger charge is -2.04. The number of hydrogen-bond donors (Lipinski definition) is 0. The predicted molar refractivity (Wildman–Crippen MR) is 82.9 cm³/mol. The van der Waals surface area contributed by atoms with Crippen LogP contribution in [0.4, 0.5) is 0 Å². The average Bonchev–Trinajstić information content (AvgIpc) is 2.41. The van der Waals surface area contributed by atoms with Crippen molar-refractivity contribution in [3.05, 3.63) is 0 Å². The molecule has 0 aliphatic rings. The van der Waals surface area contributed by atoms with Gasteiger partial charge >= 0.3 is 5.97 Å². The molecule has 0 aromatic carbocycles. The van der Waals surface area contributed by atoms with E-state index in [0.29, 0.717) is 19.4 Å². The lowest BCUT2D eigenvalue weighted by molar-refractivity contribution is -0.144. The molecule has 0 saturated carbocycles. The highest BCUT2D eigenvalue weighted by molar-refractivity contribution is 6.63. The van der Waals surface area contributed by atoms with Crippen LogP contribution in [-0.4, -0.2) is 17.8 Å². The van der Waals surface area contributed by atoms with E-state index in [0.717, 1.165) is 12.8 Å². The van der Waals surface area contributed by atoms with Crippen LogP contribution >= 0.6 is 11.6 Å². The smallest absolute Gasteiger partial charge is 0.305 e. The fourth-order valence-corrected chi connectivity index (χ4v) is 2.18. The zero-order chi connectivity index (χ0) is 15.1. The molecule has 0 aromatic heterocycles. The molecular weight excluding hydrogens is 276 g/mol. The van der Waals surface area contributed by atoms with Crippen LogP contribution in [0.3, 0.4) is 0 Å². The van der Waals surface area contributed by atoms with Gasteiger partial charge in [-0.3, -0.25) is 9.59 Å². The Balaban J connectivity index is 3.17.